The van der Waals surface area contributed by atoms with E-state index in [0.717, 1.165) is 30.2 Å². The fourth-order valence-electron chi connectivity index (χ4n) is 3.28. The Morgan fingerprint density at radius 2 is 2.00 bits per heavy atom. The van der Waals surface area contributed by atoms with Gasteiger partial charge in [-0.2, -0.15) is 11.8 Å². The summed E-state index contributed by atoms with van der Waals surface area (Å²) in [4.78, 5) is 0. The Bertz CT molecular complexity index is 478. The summed E-state index contributed by atoms with van der Waals surface area (Å²) in [5.41, 5.74) is 2.87. The lowest BCUT2D eigenvalue weighted by Gasteiger charge is -2.27. The number of ether oxygens (including phenoxy) is 2. The average molecular weight is 343 g/mol. The lowest BCUT2D eigenvalue weighted by atomic mass is 9.88. The molecular formula is C18H27ClO2S. The summed E-state index contributed by atoms with van der Waals surface area (Å²) in [6.07, 6.45) is 5.86. The number of benzene rings is 1. The molecule has 0 saturated heterocycles. The fourth-order valence-corrected chi connectivity index (χ4v) is 5.00. The second-order valence-corrected chi connectivity index (χ2v) is 7.43. The summed E-state index contributed by atoms with van der Waals surface area (Å²) in [5, 5.41) is 0.547. The number of hydrogen-bond acceptors (Lipinski definition) is 3. The molecule has 22 heavy (non-hydrogen) atoms. The second kappa shape index (κ2) is 8.93. The molecule has 2 atom stereocenters. The molecule has 2 rings (SSSR count). The van der Waals surface area contributed by atoms with Crippen molar-refractivity contribution in [1.82, 2.24) is 0 Å². The van der Waals surface area contributed by atoms with Crippen LogP contribution in [0.15, 0.2) is 12.1 Å². The maximum atomic E-state index is 5.92. The Hall–Kier alpha value is -0.540. The van der Waals surface area contributed by atoms with E-state index in [4.69, 9.17) is 21.1 Å². The van der Waals surface area contributed by atoms with Crippen molar-refractivity contribution in [2.75, 3.05) is 25.9 Å². The second-order valence-electron chi connectivity index (χ2n) is 5.80. The minimum Gasteiger partial charge on any atom is -0.493 e. The summed E-state index contributed by atoms with van der Waals surface area (Å²) in [6.45, 7) is 2.30. The van der Waals surface area contributed by atoms with Crippen LogP contribution in [0.1, 0.15) is 49.0 Å². The smallest absolute Gasteiger partial charge is 0.161 e. The lowest BCUT2D eigenvalue weighted by molar-refractivity contribution is 0.353. The van der Waals surface area contributed by atoms with Gasteiger partial charge >= 0.3 is 0 Å². The largest absolute Gasteiger partial charge is 0.493 e. The first-order chi connectivity index (χ1) is 10.7. The highest BCUT2D eigenvalue weighted by Crippen LogP contribution is 2.46. The normalized spacial score (nSPS) is 19.2. The van der Waals surface area contributed by atoms with Crippen molar-refractivity contribution in [1.29, 1.82) is 0 Å². The zero-order chi connectivity index (χ0) is 15.9. The predicted molar refractivity (Wildman–Crippen MR) is 96.8 cm³/mol. The number of alkyl halides is 1. The van der Waals surface area contributed by atoms with Crippen LogP contribution in [0.5, 0.6) is 11.5 Å². The number of halogens is 1. The van der Waals surface area contributed by atoms with Gasteiger partial charge in [-0.25, -0.2) is 0 Å². The van der Waals surface area contributed by atoms with Crippen molar-refractivity contribution in [2.24, 2.45) is 5.92 Å². The Labute approximate surface area is 143 Å². The molecule has 0 amide bonds. The van der Waals surface area contributed by atoms with E-state index in [1.54, 1.807) is 14.2 Å². The van der Waals surface area contributed by atoms with E-state index in [0.29, 0.717) is 11.2 Å². The van der Waals surface area contributed by atoms with Crippen molar-refractivity contribution in [3.63, 3.8) is 0 Å². The van der Waals surface area contributed by atoms with Crippen molar-refractivity contribution in [3.8, 4) is 11.5 Å². The highest BCUT2D eigenvalue weighted by atomic mass is 35.5. The molecule has 4 heteroatoms. The van der Waals surface area contributed by atoms with Crippen LogP contribution in [0, 0.1) is 5.92 Å². The van der Waals surface area contributed by atoms with Crippen LogP contribution in [0.2, 0.25) is 0 Å². The van der Waals surface area contributed by atoms with E-state index < -0.39 is 0 Å². The van der Waals surface area contributed by atoms with E-state index in [-0.39, 0.29) is 0 Å². The molecule has 0 bridgehead atoms. The van der Waals surface area contributed by atoms with Crippen LogP contribution >= 0.6 is 23.4 Å². The minimum absolute atomic E-state index is 0.547. The molecule has 1 aromatic carbocycles. The molecule has 0 aromatic heterocycles. The Balaban J connectivity index is 2.37. The van der Waals surface area contributed by atoms with E-state index >= 15 is 0 Å². The van der Waals surface area contributed by atoms with Gasteiger partial charge in [0.2, 0.25) is 0 Å². The zero-order valence-electron chi connectivity index (χ0n) is 13.9. The van der Waals surface area contributed by atoms with E-state index in [9.17, 15) is 0 Å². The van der Waals surface area contributed by atoms with Gasteiger partial charge in [-0.05, 0) is 60.6 Å². The van der Waals surface area contributed by atoms with Crippen molar-refractivity contribution in [2.45, 2.75) is 44.3 Å². The maximum Gasteiger partial charge on any atom is 0.161 e. The van der Waals surface area contributed by atoms with Gasteiger partial charge < -0.3 is 9.47 Å². The molecule has 2 unspecified atom stereocenters. The van der Waals surface area contributed by atoms with Gasteiger partial charge in [0.15, 0.2) is 11.5 Å². The number of thioether (sulfide) groups is 1. The monoisotopic (exact) mass is 342 g/mol. The Kier molecular flexibility index (Phi) is 7.23. The summed E-state index contributed by atoms with van der Waals surface area (Å²) in [5.74, 6) is 4.36. The summed E-state index contributed by atoms with van der Waals surface area (Å²) >= 11 is 8.02. The summed E-state index contributed by atoms with van der Waals surface area (Å²) in [6, 6.07) is 4.39. The summed E-state index contributed by atoms with van der Waals surface area (Å²) in [7, 11) is 3.43. The van der Waals surface area contributed by atoms with E-state index in [2.05, 4.69) is 30.8 Å². The SMILES string of the molecule is CCC(CCCCl)C1SCCCc2cc(OC)c(OC)cc21. The molecule has 0 spiro atoms. The predicted octanol–water partition coefficient (Wildman–Crippen LogP) is 5.47. The topological polar surface area (TPSA) is 18.5 Å². The van der Waals surface area contributed by atoms with Crippen molar-refractivity contribution in [3.05, 3.63) is 23.3 Å². The van der Waals surface area contributed by atoms with E-state index in [1.807, 2.05) is 0 Å². The molecule has 0 aliphatic carbocycles. The first-order valence-electron chi connectivity index (χ1n) is 8.17. The summed E-state index contributed by atoms with van der Waals surface area (Å²) < 4.78 is 11.0. The highest BCUT2D eigenvalue weighted by Gasteiger charge is 2.27. The van der Waals surface area contributed by atoms with Crippen LogP contribution in [-0.2, 0) is 6.42 Å². The Morgan fingerprint density at radius 3 is 2.64 bits per heavy atom. The van der Waals surface area contributed by atoms with Crippen LogP contribution in [0.3, 0.4) is 0 Å². The molecule has 0 N–H and O–H groups in total. The van der Waals surface area contributed by atoms with Gasteiger partial charge in [0.05, 0.1) is 14.2 Å². The fraction of sp³-hybridized carbons (Fsp3) is 0.667. The quantitative estimate of drug-likeness (QED) is 0.612. The molecule has 1 aromatic rings. The molecular weight excluding hydrogens is 316 g/mol. The highest BCUT2D eigenvalue weighted by molar-refractivity contribution is 7.99. The Morgan fingerprint density at radius 1 is 1.27 bits per heavy atom. The molecule has 1 aliphatic heterocycles. The van der Waals surface area contributed by atoms with Crippen LogP contribution in [-0.4, -0.2) is 25.9 Å². The van der Waals surface area contributed by atoms with Gasteiger partial charge in [0.25, 0.3) is 0 Å². The van der Waals surface area contributed by atoms with Gasteiger partial charge in [-0.15, -0.1) is 11.6 Å². The van der Waals surface area contributed by atoms with Gasteiger partial charge in [-0.3, -0.25) is 0 Å². The molecule has 0 saturated carbocycles. The minimum atomic E-state index is 0.547. The van der Waals surface area contributed by atoms with Gasteiger partial charge in [-0.1, -0.05) is 13.3 Å². The number of aryl methyl sites for hydroxylation is 1. The molecule has 2 nitrogen and oxygen atoms in total. The van der Waals surface area contributed by atoms with Crippen LogP contribution in [0.4, 0.5) is 0 Å². The number of hydrogen-bond donors (Lipinski definition) is 0. The third-order valence-electron chi connectivity index (χ3n) is 4.50. The lowest BCUT2D eigenvalue weighted by Crippen LogP contribution is -2.11. The number of fused-ring (bicyclic) bond motifs is 1. The molecule has 1 heterocycles. The van der Waals surface area contributed by atoms with Gasteiger partial charge in [0.1, 0.15) is 0 Å². The van der Waals surface area contributed by atoms with Crippen LogP contribution in [0.25, 0.3) is 0 Å². The van der Waals surface area contributed by atoms with Gasteiger partial charge in [0, 0.05) is 11.1 Å². The average Bonchev–Trinajstić information content (AvgIpc) is 2.76. The number of methoxy groups -OCH3 is 2. The molecule has 124 valence electrons. The van der Waals surface area contributed by atoms with E-state index in [1.165, 1.54) is 36.1 Å². The van der Waals surface area contributed by atoms with Crippen molar-refractivity contribution >= 4 is 23.4 Å². The van der Waals surface area contributed by atoms with Crippen molar-refractivity contribution < 1.29 is 9.47 Å². The zero-order valence-corrected chi connectivity index (χ0v) is 15.4. The van der Waals surface area contributed by atoms with Crippen LogP contribution < -0.4 is 9.47 Å². The molecule has 1 aliphatic rings. The standard InChI is InChI=1S/C18H27ClO2S/c1-4-13(7-5-9-19)18-15-12-17(21-3)16(20-2)11-14(15)8-6-10-22-18/h11-13,18H,4-10H2,1-3H3. The molecule has 0 fully saturated rings. The first kappa shape index (κ1) is 17.8. The first-order valence-corrected chi connectivity index (χ1v) is 9.75. The third kappa shape index (κ3) is 4.05. The molecule has 0 radical (unpaired) electrons. The number of rotatable bonds is 7. The maximum absolute atomic E-state index is 5.92. The third-order valence-corrected chi connectivity index (χ3v) is 6.29.